The Morgan fingerprint density at radius 2 is 1.10 bits per heavy atom. The Bertz CT molecular complexity index is 325. The van der Waals surface area contributed by atoms with Crippen LogP contribution in [0.4, 0.5) is 0 Å². The molecular weight excluding hydrogens is 268 g/mol. The van der Waals surface area contributed by atoms with E-state index in [9.17, 15) is 10.4 Å². The van der Waals surface area contributed by atoms with Crippen molar-refractivity contribution in [2.45, 2.75) is 69.7 Å². The average molecular weight is 296 g/mol. The Balaban J connectivity index is 2.07. The molecule has 2 aliphatic rings. The molecule has 0 heterocycles. The zero-order valence-electron chi connectivity index (χ0n) is 12.6. The van der Waals surface area contributed by atoms with Gasteiger partial charge in [0, 0.05) is 27.6 Å². The van der Waals surface area contributed by atoms with E-state index in [-0.39, 0.29) is 5.54 Å². The maximum atomic E-state index is 9.47. The maximum Gasteiger partial charge on any atom is 0.0652 e. The van der Waals surface area contributed by atoms with Gasteiger partial charge >= 0.3 is 0 Å². The van der Waals surface area contributed by atoms with Crippen molar-refractivity contribution >= 4 is 21.7 Å². The van der Waals surface area contributed by atoms with Crippen molar-refractivity contribution in [1.82, 2.24) is 0 Å². The molecule has 0 bridgehead atoms. The van der Waals surface area contributed by atoms with Gasteiger partial charge in [0.2, 0.25) is 0 Å². The molecule has 4 nitrogen and oxygen atoms in total. The second kappa shape index (κ2) is 7.81. The van der Waals surface area contributed by atoms with E-state index in [2.05, 4.69) is 10.3 Å². The highest BCUT2D eigenvalue weighted by atomic mass is 28.1. The molecule has 2 saturated carbocycles. The van der Waals surface area contributed by atoms with Gasteiger partial charge in [-0.1, -0.05) is 48.8 Å². The van der Waals surface area contributed by atoms with Crippen LogP contribution < -0.4 is 0 Å². The summed E-state index contributed by atoms with van der Waals surface area (Å²) in [6.45, 7) is 0. The van der Waals surface area contributed by atoms with Gasteiger partial charge in [0.15, 0.2) is 0 Å². The van der Waals surface area contributed by atoms with Gasteiger partial charge in [-0.3, -0.25) is 0 Å². The smallest absolute Gasteiger partial charge is 0.0652 e. The summed E-state index contributed by atoms with van der Waals surface area (Å²) in [4.78, 5) is 0. The first-order valence-corrected chi connectivity index (χ1v) is 9.37. The summed E-state index contributed by atoms with van der Waals surface area (Å²) in [5.74, 6) is 0.799. The molecule has 2 rings (SSSR count). The third kappa shape index (κ3) is 3.62. The van der Waals surface area contributed by atoms with Crippen LogP contribution in [0.15, 0.2) is 10.3 Å². The Kier molecular flexibility index (Phi) is 6.07. The minimum Gasteiger partial charge on any atom is -0.411 e. The summed E-state index contributed by atoms with van der Waals surface area (Å²) in [7, 11) is 0.861. The van der Waals surface area contributed by atoms with Crippen molar-refractivity contribution in [3.05, 3.63) is 0 Å². The van der Waals surface area contributed by atoms with Crippen molar-refractivity contribution in [1.29, 1.82) is 0 Å². The monoisotopic (exact) mass is 296 g/mol. The molecule has 2 aliphatic carbocycles. The summed E-state index contributed by atoms with van der Waals surface area (Å²) in [5, 5.41) is 26.2. The maximum absolute atomic E-state index is 9.47. The molecule has 2 fully saturated rings. The summed E-state index contributed by atoms with van der Waals surface area (Å²) < 4.78 is 0. The Morgan fingerprint density at radius 1 is 0.750 bits per heavy atom. The lowest BCUT2D eigenvalue weighted by Crippen LogP contribution is -2.32. The molecule has 114 valence electrons. The van der Waals surface area contributed by atoms with Crippen molar-refractivity contribution in [2.24, 2.45) is 22.1 Å². The van der Waals surface area contributed by atoms with Crippen LogP contribution in [0.25, 0.3) is 0 Å². The van der Waals surface area contributed by atoms with Crippen LogP contribution in [0, 0.1) is 11.8 Å². The molecule has 0 spiro atoms. The number of rotatable bonds is 4. The largest absolute Gasteiger partial charge is 0.411 e. The van der Waals surface area contributed by atoms with Gasteiger partial charge in [-0.2, -0.15) is 0 Å². The number of hydrogen-bond donors (Lipinski definition) is 2. The molecule has 0 saturated heterocycles. The van der Waals surface area contributed by atoms with E-state index in [1.54, 1.807) is 0 Å². The van der Waals surface area contributed by atoms with Crippen molar-refractivity contribution in [2.75, 3.05) is 0 Å². The Hall–Kier alpha value is -0.843. The molecule has 2 N–H and O–H groups in total. The number of hydrogen-bond acceptors (Lipinski definition) is 4. The molecule has 0 aromatic carbocycles. The van der Waals surface area contributed by atoms with Crippen molar-refractivity contribution in [3.8, 4) is 0 Å². The molecular formula is C15H28N2O2Si. The minimum atomic E-state index is 0.108. The lowest BCUT2D eigenvalue weighted by atomic mass is 9.79. The van der Waals surface area contributed by atoms with Gasteiger partial charge in [-0.05, 0) is 25.7 Å². The Labute approximate surface area is 124 Å². The molecule has 0 aromatic rings. The zero-order chi connectivity index (χ0) is 14.4. The molecule has 5 heteroatoms. The van der Waals surface area contributed by atoms with Crippen LogP contribution in [-0.4, -0.2) is 32.1 Å². The molecule has 0 aromatic heterocycles. The van der Waals surface area contributed by atoms with Crippen LogP contribution in [0.3, 0.4) is 0 Å². The van der Waals surface area contributed by atoms with Crippen LogP contribution >= 0.6 is 0 Å². The highest BCUT2D eigenvalue weighted by molar-refractivity contribution is 6.39. The standard InChI is InChI=1S/C15H28N2O2Si/c18-16-13(11-7-3-1-4-8-11)15(20)14(17-19)12-9-5-2-6-10-12/h11-12,15,18-19H,1-10H2,20H3. The molecule has 0 aliphatic heterocycles. The summed E-state index contributed by atoms with van der Waals surface area (Å²) >= 11 is 0. The first-order chi connectivity index (χ1) is 9.77. The summed E-state index contributed by atoms with van der Waals surface area (Å²) in [5.41, 5.74) is 1.90. The molecule has 0 unspecified atom stereocenters. The van der Waals surface area contributed by atoms with E-state index in [1.165, 1.54) is 38.5 Å². The highest BCUT2D eigenvalue weighted by Crippen LogP contribution is 2.33. The second-order valence-electron chi connectivity index (χ2n) is 6.44. The van der Waals surface area contributed by atoms with E-state index in [4.69, 9.17) is 0 Å². The fraction of sp³-hybridized carbons (Fsp3) is 0.867. The van der Waals surface area contributed by atoms with Gasteiger partial charge < -0.3 is 10.4 Å². The van der Waals surface area contributed by atoms with Gasteiger partial charge in [0.25, 0.3) is 0 Å². The number of nitrogens with zero attached hydrogens (tertiary/aromatic N) is 2. The lowest BCUT2D eigenvalue weighted by Gasteiger charge is -2.30. The van der Waals surface area contributed by atoms with Crippen molar-refractivity contribution < 1.29 is 10.4 Å². The van der Waals surface area contributed by atoms with E-state index in [0.29, 0.717) is 11.8 Å². The first kappa shape index (κ1) is 15.5. The summed E-state index contributed by atoms with van der Waals surface area (Å²) in [6, 6.07) is 0. The fourth-order valence-corrected chi connectivity index (χ4v) is 5.17. The van der Waals surface area contributed by atoms with Crippen LogP contribution in [0.5, 0.6) is 0 Å². The fourth-order valence-electron chi connectivity index (χ4n) is 3.99. The van der Waals surface area contributed by atoms with E-state index >= 15 is 0 Å². The van der Waals surface area contributed by atoms with Crippen LogP contribution in [0.1, 0.15) is 64.2 Å². The highest BCUT2D eigenvalue weighted by Gasteiger charge is 2.31. The Morgan fingerprint density at radius 3 is 1.40 bits per heavy atom. The summed E-state index contributed by atoms with van der Waals surface area (Å²) in [6.07, 6.45) is 12.0. The third-order valence-electron chi connectivity index (χ3n) is 5.17. The van der Waals surface area contributed by atoms with E-state index in [0.717, 1.165) is 47.3 Å². The average Bonchev–Trinajstić information content (AvgIpc) is 2.51. The molecule has 20 heavy (non-hydrogen) atoms. The normalized spacial score (nSPS) is 25.8. The predicted molar refractivity (Wildman–Crippen MR) is 85.3 cm³/mol. The van der Waals surface area contributed by atoms with E-state index in [1.807, 2.05) is 0 Å². The number of oxime groups is 2. The topological polar surface area (TPSA) is 65.2 Å². The zero-order valence-corrected chi connectivity index (χ0v) is 14.6. The molecule has 0 radical (unpaired) electrons. The van der Waals surface area contributed by atoms with Gasteiger partial charge in [0.1, 0.15) is 0 Å². The van der Waals surface area contributed by atoms with Crippen LogP contribution in [0.2, 0.25) is 5.54 Å². The quantitative estimate of drug-likeness (QED) is 0.362. The van der Waals surface area contributed by atoms with E-state index < -0.39 is 0 Å². The van der Waals surface area contributed by atoms with Crippen LogP contribution in [-0.2, 0) is 0 Å². The SMILES string of the molecule is ON=C(C1CCCCC1)C([SiH3])C(=NO)C1CCCCC1. The van der Waals surface area contributed by atoms with Gasteiger partial charge in [-0.25, -0.2) is 0 Å². The lowest BCUT2D eigenvalue weighted by molar-refractivity contribution is 0.303. The predicted octanol–water partition coefficient (Wildman–Crippen LogP) is 2.96. The first-order valence-electron chi connectivity index (χ1n) is 8.21. The second-order valence-corrected chi connectivity index (χ2v) is 7.60. The molecule has 0 atom stereocenters. The van der Waals surface area contributed by atoms with Gasteiger partial charge in [-0.15, -0.1) is 0 Å². The minimum absolute atomic E-state index is 0.108. The van der Waals surface area contributed by atoms with Crippen molar-refractivity contribution in [3.63, 3.8) is 0 Å². The molecule has 0 amide bonds. The third-order valence-corrected chi connectivity index (χ3v) is 6.35. The van der Waals surface area contributed by atoms with Gasteiger partial charge in [0.05, 0.1) is 11.4 Å².